The first kappa shape index (κ1) is 17.7. The SMILES string of the molecule is CCC(=O)c1ncc(-c2ccccc2)cc1NC(=O)OC(C)(C)C. The molecule has 5 heteroatoms. The number of ketones is 1. The molecule has 1 aromatic carbocycles. The molecule has 0 aliphatic carbocycles. The molecule has 2 rings (SSSR count). The molecule has 1 aromatic heterocycles. The van der Waals surface area contributed by atoms with Crippen molar-refractivity contribution in [1.82, 2.24) is 4.98 Å². The molecule has 0 aliphatic rings. The van der Waals surface area contributed by atoms with Gasteiger partial charge in [-0.1, -0.05) is 37.3 Å². The van der Waals surface area contributed by atoms with Crippen molar-refractivity contribution in [3.63, 3.8) is 0 Å². The first-order chi connectivity index (χ1) is 11.3. The summed E-state index contributed by atoms with van der Waals surface area (Å²) in [4.78, 5) is 28.4. The van der Waals surface area contributed by atoms with Gasteiger partial charge in [0.1, 0.15) is 11.3 Å². The third-order valence-corrected chi connectivity index (χ3v) is 3.22. The lowest BCUT2D eigenvalue weighted by atomic mass is 10.1. The van der Waals surface area contributed by atoms with E-state index in [9.17, 15) is 9.59 Å². The largest absolute Gasteiger partial charge is 0.444 e. The van der Waals surface area contributed by atoms with Crippen LogP contribution in [0.15, 0.2) is 42.6 Å². The van der Waals surface area contributed by atoms with E-state index in [-0.39, 0.29) is 11.5 Å². The summed E-state index contributed by atoms with van der Waals surface area (Å²) in [6.45, 7) is 7.10. The fraction of sp³-hybridized carbons (Fsp3) is 0.316. The molecule has 5 nitrogen and oxygen atoms in total. The number of anilines is 1. The Morgan fingerprint density at radius 3 is 2.38 bits per heavy atom. The molecule has 2 aromatic rings. The lowest BCUT2D eigenvalue weighted by Gasteiger charge is -2.20. The molecular formula is C19H22N2O3. The number of aromatic nitrogens is 1. The zero-order chi connectivity index (χ0) is 17.7. The van der Waals surface area contributed by atoms with Gasteiger partial charge in [-0.05, 0) is 32.4 Å². The van der Waals surface area contributed by atoms with E-state index in [4.69, 9.17) is 4.74 Å². The first-order valence-corrected chi connectivity index (χ1v) is 7.89. The quantitative estimate of drug-likeness (QED) is 0.828. The molecule has 0 saturated heterocycles. The number of carbonyl (C=O) groups excluding carboxylic acids is 2. The number of ether oxygens (including phenoxy) is 1. The van der Waals surface area contributed by atoms with Gasteiger partial charge in [0.2, 0.25) is 0 Å². The highest BCUT2D eigenvalue weighted by Crippen LogP contribution is 2.25. The second-order valence-corrected chi connectivity index (χ2v) is 6.39. The lowest BCUT2D eigenvalue weighted by molar-refractivity contribution is 0.0636. The van der Waals surface area contributed by atoms with Crippen molar-refractivity contribution in [2.45, 2.75) is 39.7 Å². The minimum Gasteiger partial charge on any atom is -0.444 e. The summed E-state index contributed by atoms with van der Waals surface area (Å²) in [6, 6.07) is 11.4. The number of benzene rings is 1. The van der Waals surface area contributed by atoms with Gasteiger partial charge < -0.3 is 4.74 Å². The molecule has 0 spiro atoms. The van der Waals surface area contributed by atoms with E-state index >= 15 is 0 Å². The van der Waals surface area contributed by atoms with Crippen LogP contribution >= 0.6 is 0 Å². The minimum absolute atomic E-state index is 0.138. The van der Waals surface area contributed by atoms with Gasteiger partial charge >= 0.3 is 6.09 Å². The van der Waals surface area contributed by atoms with Crippen molar-refractivity contribution in [3.8, 4) is 11.1 Å². The zero-order valence-corrected chi connectivity index (χ0v) is 14.4. The van der Waals surface area contributed by atoms with Crippen molar-refractivity contribution in [2.75, 3.05) is 5.32 Å². The van der Waals surface area contributed by atoms with Gasteiger partial charge in [0.25, 0.3) is 0 Å². The van der Waals surface area contributed by atoms with Crippen LogP contribution in [0.25, 0.3) is 11.1 Å². The molecule has 0 atom stereocenters. The Morgan fingerprint density at radius 2 is 1.79 bits per heavy atom. The van der Waals surface area contributed by atoms with Crippen LogP contribution < -0.4 is 5.32 Å². The molecule has 0 saturated carbocycles. The summed E-state index contributed by atoms with van der Waals surface area (Å²) in [7, 11) is 0. The van der Waals surface area contributed by atoms with Crippen LogP contribution in [0.5, 0.6) is 0 Å². The lowest BCUT2D eigenvalue weighted by Crippen LogP contribution is -2.28. The van der Waals surface area contributed by atoms with Gasteiger partial charge in [-0.25, -0.2) is 4.79 Å². The molecule has 0 aliphatic heterocycles. The summed E-state index contributed by atoms with van der Waals surface area (Å²) >= 11 is 0. The number of amides is 1. The van der Waals surface area contributed by atoms with Crippen LogP contribution in [0.3, 0.4) is 0 Å². The molecule has 24 heavy (non-hydrogen) atoms. The normalized spacial score (nSPS) is 11.0. The van der Waals surface area contributed by atoms with Gasteiger partial charge in [0.15, 0.2) is 5.78 Å². The van der Waals surface area contributed by atoms with E-state index < -0.39 is 11.7 Å². The number of hydrogen-bond acceptors (Lipinski definition) is 4. The molecule has 0 fully saturated rings. The highest BCUT2D eigenvalue weighted by molar-refractivity contribution is 6.02. The minimum atomic E-state index is -0.622. The Morgan fingerprint density at radius 1 is 1.12 bits per heavy atom. The van der Waals surface area contributed by atoms with Crippen LogP contribution in [0, 0.1) is 0 Å². The third kappa shape index (κ3) is 4.65. The number of hydrogen-bond donors (Lipinski definition) is 1. The average molecular weight is 326 g/mol. The van der Waals surface area contributed by atoms with Crippen molar-refractivity contribution in [1.29, 1.82) is 0 Å². The fourth-order valence-corrected chi connectivity index (χ4v) is 2.15. The van der Waals surface area contributed by atoms with Crippen molar-refractivity contribution < 1.29 is 14.3 Å². The topological polar surface area (TPSA) is 68.3 Å². The van der Waals surface area contributed by atoms with E-state index in [1.165, 1.54) is 0 Å². The summed E-state index contributed by atoms with van der Waals surface area (Å²) in [6.07, 6.45) is 1.33. The maximum absolute atomic E-state index is 12.1. The van der Waals surface area contributed by atoms with Crippen molar-refractivity contribution >= 4 is 17.6 Å². The van der Waals surface area contributed by atoms with Crippen molar-refractivity contribution in [2.24, 2.45) is 0 Å². The molecule has 1 N–H and O–H groups in total. The number of Topliss-reactive ketones (excluding diaryl/α,β-unsaturated/α-hetero) is 1. The monoisotopic (exact) mass is 326 g/mol. The molecule has 0 radical (unpaired) electrons. The predicted molar refractivity (Wildman–Crippen MR) is 94.2 cm³/mol. The number of rotatable bonds is 4. The maximum atomic E-state index is 12.1. The molecule has 1 amide bonds. The van der Waals surface area contributed by atoms with E-state index in [0.717, 1.165) is 11.1 Å². The molecule has 126 valence electrons. The second kappa shape index (κ2) is 7.25. The number of carbonyl (C=O) groups is 2. The number of nitrogens with zero attached hydrogens (tertiary/aromatic N) is 1. The fourth-order valence-electron chi connectivity index (χ4n) is 2.15. The molecular weight excluding hydrogens is 304 g/mol. The van der Waals surface area contributed by atoms with E-state index in [2.05, 4.69) is 10.3 Å². The zero-order valence-electron chi connectivity index (χ0n) is 14.4. The Labute approximate surface area is 142 Å². The Hall–Kier alpha value is -2.69. The van der Waals surface area contributed by atoms with Crippen LogP contribution in [-0.2, 0) is 4.74 Å². The Bertz CT molecular complexity index is 734. The van der Waals surface area contributed by atoms with E-state index in [0.29, 0.717) is 12.1 Å². The summed E-state index contributed by atoms with van der Waals surface area (Å²) in [5.74, 6) is -0.138. The first-order valence-electron chi connectivity index (χ1n) is 7.89. The van der Waals surface area contributed by atoms with E-state index in [1.54, 1.807) is 40.0 Å². The van der Waals surface area contributed by atoms with Crippen LogP contribution in [0.4, 0.5) is 10.5 Å². The Balaban J connectivity index is 2.38. The van der Waals surface area contributed by atoms with Gasteiger partial charge in [0.05, 0.1) is 5.69 Å². The highest BCUT2D eigenvalue weighted by atomic mass is 16.6. The number of nitrogens with one attached hydrogen (secondary N) is 1. The maximum Gasteiger partial charge on any atom is 0.412 e. The summed E-state index contributed by atoms with van der Waals surface area (Å²) in [5, 5.41) is 2.65. The van der Waals surface area contributed by atoms with Crippen LogP contribution in [-0.4, -0.2) is 22.5 Å². The smallest absolute Gasteiger partial charge is 0.412 e. The average Bonchev–Trinajstić information content (AvgIpc) is 2.53. The van der Waals surface area contributed by atoms with Crippen LogP contribution in [0.1, 0.15) is 44.6 Å². The third-order valence-electron chi connectivity index (χ3n) is 3.22. The predicted octanol–water partition coefficient (Wildman–Crippen LogP) is 4.69. The summed E-state index contributed by atoms with van der Waals surface area (Å²) < 4.78 is 5.27. The molecule has 0 bridgehead atoms. The van der Waals surface area contributed by atoms with E-state index in [1.807, 2.05) is 30.3 Å². The second-order valence-electron chi connectivity index (χ2n) is 6.39. The van der Waals surface area contributed by atoms with Gasteiger partial charge in [0, 0.05) is 18.2 Å². The standard InChI is InChI=1S/C19H22N2O3/c1-5-16(22)17-15(21-18(23)24-19(2,3)4)11-14(12-20-17)13-9-7-6-8-10-13/h6-12H,5H2,1-4H3,(H,21,23). The van der Waals surface area contributed by atoms with Gasteiger partial charge in [-0.15, -0.1) is 0 Å². The summed E-state index contributed by atoms with van der Waals surface area (Å²) in [5.41, 5.74) is 1.74. The Kier molecular flexibility index (Phi) is 5.34. The highest BCUT2D eigenvalue weighted by Gasteiger charge is 2.20. The van der Waals surface area contributed by atoms with Crippen molar-refractivity contribution in [3.05, 3.63) is 48.3 Å². The van der Waals surface area contributed by atoms with Gasteiger partial charge in [-0.2, -0.15) is 0 Å². The van der Waals surface area contributed by atoms with Gasteiger partial charge in [-0.3, -0.25) is 15.1 Å². The molecule has 0 unspecified atom stereocenters. The number of pyridine rings is 1. The van der Waals surface area contributed by atoms with Crippen LogP contribution in [0.2, 0.25) is 0 Å². The molecule has 1 heterocycles.